The van der Waals surface area contributed by atoms with Crippen LogP contribution < -0.4 is 4.57 Å². The van der Waals surface area contributed by atoms with Crippen molar-refractivity contribution in [3.05, 3.63) is 18.2 Å². The van der Waals surface area contributed by atoms with Crippen molar-refractivity contribution >= 4 is 0 Å². The van der Waals surface area contributed by atoms with Gasteiger partial charge < -0.3 is 0 Å². The van der Waals surface area contributed by atoms with Crippen LogP contribution in [0.2, 0.25) is 0 Å². The highest BCUT2D eigenvalue weighted by atomic mass is 15.0. The van der Waals surface area contributed by atoms with Gasteiger partial charge in [-0.3, -0.25) is 0 Å². The maximum absolute atomic E-state index is 3.12. The van der Waals surface area contributed by atoms with Crippen LogP contribution in [0.3, 0.4) is 0 Å². The zero-order chi connectivity index (χ0) is 6.69. The Hall–Kier alpha value is -0.790. The van der Waals surface area contributed by atoms with Crippen LogP contribution in [0.1, 0.15) is 19.2 Å². The van der Waals surface area contributed by atoms with Crippen molar-refractivity contribution < 1.29 is 4.57 Å². The van der Waals surface area contributed by atoms with Crippen LogP contribution in [0.5, 0.6) is 0 Å². The lowest BCUT2D eigenvalue weighted by atomic mass is 10.5. The fourth-order valence-corrected chi connectivity index (χ4v) is 0.926. The molecule has 0 saturated heterocycles. The summed E-state index contributed by atoms with van der Waals surface area (Å²) in [4.78, 5) is 3.12. The second kappa shape index (κ2) is 2.67. The largest absolute Gasteiger partial charge is 0.251 e. The van der Waals surface area contributed by atoms with Gasteiger partial charge in [0, 0.05) is 6.92 Å². The summed E-state index contributed by atoms with van der Waals surface area (Å²) in [6.45, 7) is 5.38. The molecular weight excluding hydrogens is 112 g/mol. The Bertz CT molecular complexity index is 179. The first-order valence-corrected chi connectivity index (χ1v) is 3.38. The van der Waals surface area contributed by atoms with Crippen molar-refractivity contribution in [3.63, 3.8) is 0 Å². The first kappa shape index (κ1) is 6.33. The van der Waals surface area contributed by atoms with Crippen molar-refractivity contribution in [2.45, 2.75) is 26.8 Å². The highest BCUT2D eigenvalue weighted by Crippen LogP contribution is 1.82. The summed E-state index contributed by atoms with van der Waals surface area (Å²) >= 11 is 0. The molecule has 2 nitrogen and oxygen atoms in total. The van der Waals surface area contributed by atoms with Crippen LogP contribution in [-0.2, 0) is 6.54 Å². The molecule has 1 aromatic heterocycles. The summed E-state index contributed by atoms with van der Waals surface area (Å²) in [5.41, 5.74) is 0. The number of H-pyrrole nitrogens is 1. The van der Waals surface area contributed by atoms with Gasteiger partial charge in [0.25, 0.3) is 5.82 Å². The Kier molecular flexibility index (Phi) is 1.88. The van der Waals surface area contributed by atoms with E-state index in [0.29, 0.717) is 0 Å². The SMILES string of the molecule is CCC[n+]1cc[nH]c1C. The fourth-order valence-electron chi connectivity index (χ4n) is 0.926. The van der Waals surface area contributed by atoms with Crippen LogP contribution in [0.25, 0.3) is 0 Å². The molecule has 0 fully saturated rings. The molecule has 9 heavy (non-hydrogen) atoms. The zero-order valence-electron chi connectivity index (χ0n) is 6.02. The average molecular weight is 125 g/mol. The third kappa shape index (κ3) is 1.31. The minimum Gasteiger partial charge on any atom is -0.248 e. The van der Waals surface area contributed by atoms with Crippen LogP contribution in [-0.4, -0.2) is 4.98 Å². The van der Waals surface area contributed by atoms with Gasteiger partial charge in [0.05, 0.1) is 6.54 Å². The number of rotatable bonds is 2. The van der Waals surface area contributed by atoms with Crippen LogP contribution >= 0.6 is 0 Å². The quantitative estimate of drug-likeness (QED) is 0.569. The topological polar surface area (TPSA) is 19.7 Å². The van der Waals surface area contributed by atoms with E-state index in [4.69, 9.17) is 0 Å². The number of nitrogens with zero attached hydrogens (tertiary/aromatic N) is 1. The summed E-state index contributed by atoms with van der Waals surface area (Å²) in [7, 11) is 0. The highest BCUT2D eigenvalue weighted by molar-refractivity contribution is 4.70. The van der Waals surface area contributed by atoms with Crippen molar-refractivity contribution in [3.8, 4) is 0 Å². The maximum atomic E-state index is 3.12. The Labute approximate surface area is 55.5 Å². The van der Waals surface area contributed by atoms with Gasteiger partial charge in [-0.1, -0.05) is 6.92 Å². The number of hydrogen-bond donors (Lipinski definition) is 1. The second-order valence-corrected chi connectivity index (χ2v) is 2.24. The molecule has 2 heteroatoms. The molecule has 0 saturated carbocycles. The van der Waals surface area contributed by atoms with E-state index in [1.165, 1.54) is 12.2 Å². The fraction of sp³-hybridized carbons (Fsp3) is 0.571. The predicted octanol–water partition coefficient (Wildman–Crippen LogP) is 1.02. The van der Waals surface area contributed by atoms with Gasteiger partial charge in [0.15, 0.2) is 0 Å². The lowest BCUT2D eigenvalue weighted by Gasteiger charge is -1.90. The summed E-state index contributed by atoms with van der Waals surface area (Å²) in [6, 6.07) is 0. The van der Waals surface area contributed by atoms with E-state index in [0.717, 1.165) is 6.54 Å². The number of imidazole rings is 1. The molecule has 50 valence electrons. The second-order valence-electron chi connectivity index (χ2n) is 2.24. The van der Waals surface area contributed by atoms with Crippen molar-refractivity contribution in [1.82, 2.24) is 4.98 Å². The summed E-state index contributed by atoms with van der Waals surface area (Å²) in [5.74, 6) is 1.23. The van der Waals surface area contributed by atoms with Gasteiger partial charge in [-0.15, -0.1) is 0 Å². The van der Waals surface area contributed by atoms with Crippen molar-refractivity contribution in [2.75, 3.05) is 0 Å². The molecular formula is C7H13N2+. The van der Waals surface area contributed by atoms with Crippen LogP contribution in [0.4, 0.5) is 0 Å². The Morgan fingerprint density at radius 2 is 2.44 bits per heavy atom. The smallest absolute Gasteiger partial charge is 0.248 e. The maximum Gasteiger partial charge on any atom is 0.251 e. The molecule has 0 aromatic carbocycles. The molecule has 0 bridgehead atoms. The number of aromatic amines is 1. The number of hydrogen-bond acceptors (Lipinski definition) is 0. The lowest BCUT2D eigenvalue weighted by molar-refractivity contribution is -0.701. The van der Waals surface area contributed by atoms with Crippen LogP contribution in [0, 0.1) is 6.92 Å². The minimum atomic E-state index is 1.12. The standard InChI is InChI=1S/C7H12N2/c1-3-5-9-6-4-8-7(9)2/h4,6H,3,5H2,1-2H3/p+1. The number of aromatic nitrogens is 2. The summed E-state index contributed by atoms with van der Waals surface area (Å²) < 4.78 is 2.21. The van der Waals surface area contributed by atoms with E-state index in [1.807, 2.05) is 6.20 Å². The first-order valence-electron chi connectivity index (χ1n) is 3.38. The van der Waals surface area contributed by atoms with E-state index in [1.54, 1.807) is 0 Å². The molecule has 0 radical (unpaired) electrons. The molecule has 1 rings (SSSR count). The van der Waals surface area contributed by atoms with Crippen molar-refractivity contribution in [2.24, 2.45) is 0 Å². The first-order chi connectivity index (χ1) is 4.34. The number of aryl methyl sites for hydroxylation is 2. The summed E-state index contributed by atoms with van der Waals surface area (Å²) in [6.07, 6.45) is 5.23. The van der Waals surface area contributed by atoms with Gasteiger partial charge in [-0.05, 0) is 6.42 Å². The normalized spacial score (nSPS) is 10.0. The Balaban J connectivity index is 2.69. The number of nitrogens with one attached hydrogen (secondary N) is 1. The van der Waals surface area contributed by atoms with Gasteiger partial charge in [-0.2, -0.15) is 0 Å². The molecule has 0 amide bonds. The minimum absolute atomic E-state index is 1.12. The molecule has 1 N–H and O–H groups in total. The van der Waals surface area contributed by atoms with Gasteiger partial charge in [0.1, 0.15) is 12.4 Å². The van der Waals surface area contributed by atoms with E-state index < -0.39 is 0 Å². The van der Waals surface area contributed by atoms with E-state index >= 15 is 0 Å². The molecule has 0 aliphatic rings. The Morgan fingerprint density at radius 1 is 1.67 bits per heavy atom. The third-order valence-electron chi connectivity index (χ3n) is 1.44. The lowest BCUT2D eigenvalue weighted by Crippen LogP contribution is -2.33. The van der Waals surface area contributed by atoms with E-state index in [-0.39, 0.29) is 0 Å². The average Bonchev–Trinajstić information content (AvgIpc) is 2.18. The molecule has 1 heterocycles. The molecule has 0 aliphatic heterocycles. The molecule has 1 aromatic rings. The Morgan fingerprint density at radius 3 is 2.89 bits per heavy atom. The van der Waals surface area contributed by atoms with Crippen LogP contribution in [0.15, 0.2) is 12.4 Å². The molecule has 0 spiro atoms. The zero-order valence-corrected chi connectivity index (χ0v) is 6.02. The monoisotopic (exact) mass is 125 g/mol. The highest BCUT2D eigenvalue weighted by Gasteiger charge is 2.00. The molecule has 0 atom stereocenters. The van der Waals surface area contributed by atoms with Crippen molar-refractivity contribution in [1.29, 1.82) is 0 Å². The summed E-state index contributed by atoms with van der Waals surface area (Å²) in [5, 5.41) is 0. The van der Waals surface area contributed by atoms with Gasteiger partial charge in [-0.25, -0.2) is 9.55 Å². The molecule has 0 aliphatic carbocycles. The van der Waals surface area contributed by atoms with E-state index in [9.17, 15) is 0 Å². The predicted molar refractivity (Wildman–Crippen MR) is 36.0 cm³/mol. The van der Waals surface area contributed by atoms with E-state index in [2.05, 4.69) is 29.6 Å². The third-order valence-corrected chi connectivity index (χ3v) is 1.44. The van der Waals surface area contributed by atoms with Gasteiger partial charge >= 0.3 is 0 Å². The molecule has 0 unspecified atom stereocenters. The van der Waals surface area contributed by atoms with Gasteiger partial charge in [0.2, 0.25) is 0 Å².